The molecule has 0 aromatic carbocycles. The molecule has 7 heteroatoms. The van der Waals surface area contributed by atoms with Gasteiger partial charge in [0.15, 0.2) is 0 Å². The molecule has 0 atom stereocenters. The zero-order valence-corrected chi connectivity index (χ0v) is 10.6. The van der Waals surface area contributed by atoms with E-state index in [0.29, 0.717) is 12.4 Å². The molecule has 0 aliphatic rings. The number of nitrogens with zero attached hydrogens (tertiary/aromatic N) is 4. The van der Waals surface area contributed by atoms with E-state index in [4.69, 9.17) is 0 Å². The molecule has 2 rings (SSSR count). The molecule has 1 N–H and O–H groups in total. The molecule has 0 radical (unpaired) electrons. The molecule has 19 heavy (non-hydrogen) atoms. The number of imidazole rings is 1. The van der Waals surface area contributed by atoms with Gasteiger partial charge in [0.1, 0.15) is 5.82 Å². The normalized spacial score (nSPS) is 10.4. The summed E-state index contributed by atoms with van der Waals surface area (Å²) in [5, 5.41) is 13.8. The van der Waals surface area contributed by atoms with Crippen LogP contribution in [0.5, 0.6) is 0 Å². The number of hydrogen-bond donors (Lipinski definition) is 1. The van der Waals surface area contributed by atoms with Gasteiger partial charge in [-0.15, -0.1) is 0 Å². The summed E-state index contributed by atoms with van der Waals surface area (Å²) in [7, 11) is 0. The minimum Gasteiger partial charge on any atom is -0.364 e. The Labute approximate surface area is 110 Å². The summed E-state index contributed by atoms with van der Waals surface area (Å²) in [6.45, 7) is 3.38. The van der Waals surface area contributed by atoms with Crippen LogP contribution in [0.4, 0.5) is 11.5 Å². The second kappa shape index (κ2) is 5.94. The maximum absolute atomic E-state index is 10.8. The van der Waals surface area contributed by atoms with Crippen LogP contribution in [-0.4, -0.2) is 26.0 Å². The topological polar surface area (TPSA) is 85.9 Å². The first-order valence-corrected chi connectivity index (χ1v) is 5.99. The molecule has 0 fully saturated rings. The van der Waals surface area contributed by atoms with E-state index in [9.17, 15) is 10.1 Å². The summed E-state index contributed by atoms with van der Waals surface area (Å²) >= 11 is 0. The Kier molecular flexibility index (Phi) is 4.07. The first kappa shape index (κ1) is 13.0. The predicted octanol–water partition coefficient (Wildman–Crippen LogP) is 2.00. The standard InChI is InChI=1S/C12H15N5O2/c1-10-13-7-9-16(10)8-3-6-15-12-11(17(18)19)4-2-5-14-12/h2,4-5,7,9H,3,6,8H2,1H3,(H,14,15). The summed E-state index contributed by atoms with van der Waals surface area (Å²) in [5.41, 5.74) is 0.00121. The Hall–Kier alpha value is -2.44. The molecular formula is C12H15N5O2. The summed E-state index contributed by atoms with van der Waals surface area (Å²) in [4.78, 5) is 18.5. The van der Waals surface area contributed by atoms with Gasteiger partial charge in [-0.2, -0.15) is 0 Å². The molecule has 0 spiro atoms. The molecule has 0 saturated heterocycles. The van der Waals surface area contributed by atoms with Gasteiger partial charge in [0.25, 0.3) is 0 Å². The van der Waals surface area contributed by atoms with Crippen molar-refractivity contribution in [2.24, 2.45) is 0 Å². The summed E-state index contributed by atoms with van der Waals surface area (Å²) < 4.78 is 2.04. The van der Waals surface area contributed by atoms with Gasteiger partial charge in [-0.1, -0.05) is 0 Å². The van der Waals surface area contributed by atoms with E-state index in [1.54, 1.807) is 12.3 Å². The lowest BCUT2D eigenvalue weighted by Crippen LogP contribution is -2.09. The largest absolute Gasteiger partial charge is 0.364 e. The Morgan fingerprint density at radius 1 is 1.42 bits per heavy atom. The van der Waals surface area contributed by atoms with Crippen LogP contribution in [0, 0.1) is 17.0 Å². The van der Waals surface area contributed by atoms with Crippen LogP contribution in [0.25, 0.3) is 0 Å². The molecule has 0 amide bonds. The van der Waals surface area contributed by atoms with Gasteiger partial charge >= 0.3 is 5.69 Å². The fourth-order valence-electron chi connectivity index (χ4n) is 1.78. The van der Waals surface area contributed by atoms with Crippen LogP contribution in [0.2, 0.25) is 0 Å². The highest BCUT2D eigenvalue weighted by molar-refractivity contribution is 5.54. The molecular weight excluding hydrogens is 246 g/mol. The van der Waals surface area contributed by atoms with Crippen molar-refractivity contribution >= 4 is 11.5 Å². The Balaban J connectivity index is 1.86. The SMILES string of the molecule is Cc1nccn1CCCNc1ncccc1[N+](=O)[O-]. The van der Waals surface area contributed by atoms with E-state index in [1.807, 2.05) is 17.7 Å². The third-order valence-corrected chi connectivity index (χ3v) is 2.77. The molecule has 0 unspecified atom stereocenters. The molecule has 0 aliphatic carbocycles. The van der Waals surface area contributed by atoms with E-state index in [2.05, 4.69) is 15.3 Å². The smallest absolute Gasteiger partial charge is 0.311 e. The van der Waals surface area contributed by atoms with Crippen LogP contribution in [0.3, 0.4) is 0 Å². The average molecular weight is 261 g/mol. The van der Waals surface area contributed by atoms with Gasteiger partial charge < -0.3 is 9.88 Å². The summed E-state index contributed by atoms with van der Waals surface area (Å²) in [5.74, 6) is 1.28. The van der Waals surface area contributed by atoms with Gasteiger partial charge in [0.05, 0.1) is 4.92 Å². The number of rotatable bonds is 6. The predicted molar refractivity (Wildman–Crippen MR) is 71.0 cm³/mol. The minimum atomic E-state index is -0.435. The van der Waals surface area contributed by atoms with Gasteiger partial charge in [-0.3, -0.25) is 10.1 Å². The maximum atomic E-state index is 10.8. The van der Waals surface area contributed by atoms with Crippen LogP contribution < -0.4 is 5.32 Å². The third-order valence-electron chi connectivity index (χ3n) is 2.77. The summed E-state index contributed by atoms with van der Waals surface area (Å²) in [6.07, 6.45) is 6.05. The zero-order chi connectivity index (χ0) is 13.7. The van der Waals surface area contributed by atoms with Crippen molar-refractivity contribution in [3.8, 4) is 0 Å². The number of nitrogens with one attached hydrogen (secondary N) is 1. The van der Waals surface area contributed by atoms with E-state index in [0.717, 1.165) is 18.8 Å². The van der Waals surface area contributed by atoms with Gasteiger partial charge in [0, 0.05) is 37.7 Å². The highest BCUT2D eigenvalue weighted by Crippen LogP contribution is 2.19. The molecule has 2 heterocycles. The number of aromatic nitrogens is 3. The molecule has 0 aliphatic heterocycles. The van der Waals surface area contributed by atoms with E-state index in [-0.39, 0.29) is 5.69 Å². The van der Waals surface area contributed by atoms with Crippen molar-refractivity contribution in [2.45, 2.75) is 19.9 Å². The fraction of sp³-hybridized carbons (Fsp3) is 0.333. The van der Waals surface area contributed by atoms with Crippen LogP contribution in [0.1, 0.15) is 12.2 Å². The molecule has 7 nitrogen and oxygen atoms in total. The van der Waals surface area contributed by atoms with E-state index < -0.39 is 4.92 Å². The molecule has 0 bridgehead atoms. The monoisotopic (exact) mass is 261 g/mol. The van der Waals surface area contributed by atoms with Crippen LogP contribution in [-0.2, 0) is 6.54 Å². The molecule has 100 valence electrons. The van der Waals surface area contributed by atoms with Crippen molar-refractivity contribution in [2.75, 3.05) is 11.9 Å². The number of aryl methyl sites for hydroxylation is 2. The Morgan fingerprint density at radius 3 is 2.95 bits per heavy atom. The number of hydrogen-bond acceptors (Lipinski definition) is 5. The number of pyridine rings is 1. The second-order valence-electron chi connectivity index (χ2n) is 4.08. The van der Waals surface area contributed by atoms with E-state index >= 15 is 0 Å². The average Bonchev–Trinajstić information content (AvgIpc) is 2.80. The first-order chi connectivity index (χ1) is 9.18. The Morgan fingerprint density at radius 2 is 2.26 bits per heavy atom. The number of anilines is 1. The first-order valence-electron chi connectivity index (χ1n) is 5.99. The van der Waals surface area contributed by atoms with Crippen molar-refractivity contribution in [3.05, 3.63) is 46.7 Å². The summed E-state index contributed by atoms with van der Waals surface area (Å²) in [6, 6.07) is 2.99. The molecule has 0 saturated carbocycles. The quantitative estimate of drug-likeness (QED) is 0.488. The van der Waals surface area contributed by atoms with Crippen molar-refractivity contribution in [3.63, 3.8) is 0 Å². The van der Waals surface area contributed by atoms with Gasteiger partial charge in [-0.25, -0.2) is 9.97 Å². The van der Waals surface area contributed by atoms with Crippen molar-refractivity contribution in [1.82, 2.24) is 14.5 Å². The number of nitro groups is 1. The lowest BCUT2D eigenvalue weighted by molar-refractivity contribution is -0.384. The second-order valence-corrected chi connectivity index (χ2v) is 4.08. The maximum Gasteiger partial charge on any atom is 0.311 e. The van der Waals surface area contributed by atoms with E-state index in [1.165, 1.54) is 12.3 Å². The van der Waals surface area contributed by atoms with Crippen molar-refractivity contribution in [1.29, 1.82) is 0 Å². The fourth-order valence-corrected chi connectivity index (χ4v) is 1.78. The van der Waals surface area contributed by atoms with Crippen LogP contribution >= 0.6 is 0 Å². The minimum absolute atomic E-state index is 0.00121. The lowest BCUT2D eigenvalue weighted by Gasteiger charge is -2.07. The molecule has 2 aromatic rings. The lowest BCUT2D eigenvalue weighted by atomic mass is 10.3. The third kappa shape index (κ3) is 3.27. The Bertz CT molecular complexity index is 567. The highest BCUT2D eigenvalue weighted by atomic mass is 16.6. The van der Waals surface area contributed by atoms with Crippen molar-refractivity contribution < 1.29 is 4.92 Å². The van der Waals surface area contributed by atoms with Gasteiger partial charge in [-0.05, 0) is 19.4 Å². The van der Waals surface area contributed by atoms with Gasteiger partial charge in [0.2, 0.25) is 5.82 Å². The zero-order valence-electron chi connectivity index (χ0n) is 10.6. The molecule has 2 aromatic heterocycles. The van der Waals surface area contributed by atoms with Crippen LogP contribution in [0.15, 0.2) is 30.7 Å². The highest BCUT2D eigenvalue weighted by Gasteiger charge is 2.12.